The summed E-state index contributed by atoms with van der Waals surface area (Å²) >= 11 is 0. The fourth-order valence-electron chi connectivity index (χ4n) is 0.925. The van der Waals surface area contributed by atoms with Gasteiger partial charge >= 0.3 is 18.1 Å². The van der Waals surface area contributed by atoms with Crippen LogP contribution in [0.4, 0.5) is 4.79 Å². The van der Waals surface area contributed by atoms with Gasteiger partial charge in [0.25, 0.3) is 0 Å². The summed E-state index contributed by atoms with van der Waals surface area (Å²) in [7, 11) is 1.07. The monoisotopic (exact) mass is 224 g/mol. The number of methoxy groups -OCH3 is 1. The lowest BCUT2D eigenvalue weighted by molar-refractivity contribution is 0.0450. The summed E-state index contributed by atoms with van der Waals surface area (Å²) in [5.41, 5.74) is 0.102. The van der Waals surface area contributed by atoms with Crippen molar-refractivity contribution < 1.29 is 29.0 Å². The zero-order valence-electron chi connectivity index (χ0n) is 8.30. The standard InChI is InChI=1S/C10H8O6/c1-15-10(14)16-9(13)7-4-2-6(3-5-7)8(11)12/h2-5H,1H3,(H,11,12). The molecule has 1 N–H and O–H groups in total. The van der Waals surface area contributed by atoms with Gasteiger partial charge in [0.05, 0.1) is 18.2 Å². The van der Waals surface area contributed by atoms with Gasteiger partial charge in [0.2, 0.25) is 0 Å². The molecule has 16 heavy (non-hydrogen) atoms. The SMILES string of the molecule is COC(=O)OC(=O)c1ccc(C(=O)O)cc1. The molecule has 0 saturated carbocycles. The van der Waals surface area contributed by atoms with Gasteiger partial charge in [0, 0.05) is 0 Å². The number of hydrogen-bond acceptors (Lipinski definition) is 5. The number of rotatable bonds is 2. The second kappa shape index (κ2) is 4.92. The molecular weight excluding hydrogens is 216 g/mol. The van der Waals surface area contributed by atoms with Crippen molar-refractivity contribution in [3.8, 4) is 0 Å². The van der Waals surface area contributed by atoms with Gasteiger partial charge < -0.3 is 14.6 Å². The summed E-state index contributed by atoms with van der Waals surface area (Å²) in [4.78, 5) is 32.4. The minimum atomic E-state index is -1.12. The van der Waals surface area contributed by atoms with Gasteiger partial charge in [-0.25, -0.2) is 14.4 Å². The molecule has 1 aromatic rings. The third kappa shape index (κ3) is 2.81. The Morgan fingerprint density at radius 1 is 1.06 bits per heavy atom. The van der Waals surface area contributed by atoms with E-state index in [1.54, 1.807) is 0 Å². The predicted octanol–water partition coefficient (Wildman–Crippen LogP) is 1.31. The lowest BCUT2D eigenvalue weighted by Crippen LogP contribution is -2.12. The molecule has 0 aliphatic carbocycles. The second-order valence-corrected chi connectivity index (χ2v) is 2.73. The molecule has 0 unspecified atom stereocenters. The average Bonchev–Trinajstić information content (AvgIpc) is 2.28. The minimum absolute atomic E-state index is 0.0367. The number of aromatic carboxylic acids is 1. The van der Waals surface area contributed by atoms with E-state index in [-0.39, 0.29) is 11.1 Å². The van der Waals surface area contributed by atoms with E-state index in [4.69, 9.17) is 5.11 Å². The first-order valence-electron chi connectivity index (χ1n) is 4.18. The maximum absolute atomic E-state index is 11.2. The molecule has 0 heterocycles. The number of carboxylic acids is 1. The summed E-state index contributed by atoms with van der Waals surface area (Å²) < 4.78 is 8.37. The molecular formula is C10H8O6. The Labute approximate surface area is 90.4 Å². The van der Waals surface area contributed by atoms with Crippen LogP contribution < -0.4 is 0 Å². The molecule has 6 heteroatoms. The highest BCUT2D eigenvalue weighted by Gasteiger charge is 2.13. The normalized spacial score (nSPS) is 9.31. The van der Waals surface area contributed by atoms with Gasteiger partial charge in [-0.05, 0) is 24.3 Å². The van der Waals surface area contributed by atoms with E-state index in [0.717, 1.165) is 7.11 Å². The first-order chi connectivity index (χ1) is 7.54. The highest BCUT2D eigenvalue weighted by atomic mass is 16.7. The maximum Gasteiger partial charge on any atom is 0.516 e. The summed E-state index contributed by atoms with van der Waals surface area (Å²) in [6.45, 7) is 0. The van der Waals surface area contributed by atoms with Crippen molar-refractivity contribution >= 4 is 18.1 Å². The second-order valence-electron chi connectivity index (χ2n) is 2.73. The molecule has 0 amide bonds. The number of carboxylic acid groups (broad SMARTS) is 1. The number of carbonyl (C=O) groups is 3. The Morgan fingerprint density at radius 3 is 2.00 bits per heavy atom. The summed E-state index contributed by atoms with van der Waals surface area (Å²) in [5, 5.41) is 8.61. The van der Waals surface area contributed by atoms with Gasteiger partial charge in [0.1, 0.15) is 0 Å². The van der Waals surface area contributed by atoms with Crippen LogP contribution in [-0.2, 0) is 9.47 Å². The first kappa shape index (κ1) is 11.7. The smallest absolute Gasteiger partial charge is 0.478 e. The van der Waals surface area contributed by atoms with E-state index in [1.807, 2.05) is 0 Å². The Kier molecular flexibility index (Phi) is 3.60. The lowest BCUT2D eigenvalue weighted by atomic mass is 10.1. The molecule has 0 aromatic heterocycles. The van der Waals surface area contributed by atoms with Crippen LogP contribution in [0.2, 0.25) is 0 Å². The molecule has 0 radical (unpaired) electrons. The minimum Gasteiger partial charge on any atom is -0.478 e. The topological polar surface area (TPSA) is 89.9 Å². The summed E-state index contributed by atoms with van der Waals surface area (Å²) in [6, 6.07) is 4.95. The van der Waals surface area contributed by atoms with Crippen LogP contribution in [0.25, 0.3) is 0 Å². The van der Waals surface area contributed by atoms with Gasteiger partial charge in [-0.2, -0.15) is 0 Å². The van der Waals surface area contributed by atoms with Crippen LogP contribution in [-0.4, -0.2) is 30.3 Å². The van der Waals surface area contributed by atoms with Crippen molar-refractivity contribution in [2.75, 3.05) is 7.11 Å². The van der Waals surface area contributed by atoms with Crippen LogP contribution in [0, 0.1) is 0 Å². The molecule has 1 aromatic carbocycles. The molecule has 0 aliphatic heterocycles. The van der Waals surface area contributed by atoms with E-state index in [9.17, 15) is 14.4 Å². The molecule has 1 rings (SSSR count). The Bertz CT molecular complexity index is 419. The van der Waals surface area contributed by atoms with E-state index in [0.29, 0.717) is 0 Å². The summed E-state index contributed by atoms with van der Waals surface area (Å²) in [6.07, 6.45) is -1.12. The third-order valence-electron chi connectivity index (χ3n) is 1.71. The number of hydrogen-bond donors (Lipinski definition) is 1. The van der Waals surface area contributed by atoms with Crippen LogP contribution in [0.15, 0.2) is 24.3 Å². The van der Waals surface area contributed by atoms with Crippen LogP contribution >= 0.6 is 0 Å². The third-order valence-corrected chi connectivity index (χ3v) is 1.71. The zero-order chi connectivity index (χ0) is 12.1. The molecule has 0 saturated heterocycles. The quantitative estimate of drug-likeness (QED) is 0.601. The van der Waals surface area contributed by atoms with Crippen LogP contribution in [0.5, 0.6) is 0 Å². The van der Waals surface area contributed by atoms with Crippen molar-refractivity contribution in [3.05, 3.63) is 35.4 Å². The molecule has 0 atom stereocenters. The molecule has 6 nitrogen and oxygen atoms in total. The van der Waals surface area contributed by atoms with E-state index in [1.165, 1.54) is 24.3 Å². The highest BCUT2D eigenvalue weighted by Crippen LogP contribution is 2.06. The van der Waals surface area contributed by atoms with Gasteiger partial charge in [-0.3, -0.25) is 0 Å². The average molecular weight is 224 g/mol. The largest absolute Gasteiger partial charge is 0.516 e. The molecule has 84 valence electrons. The number of benzene rings is 1. The van der Waals surface area contributed by atoms with Crippen molar-refractivity contribution in [2.45, 2.75) is 0 Å². The van der Waals surface area contributed by atoms with Crippen LogP contribution in [0.1, 0.15) is 20.7 Å². The Balaban J connectivity index is 2.78. The fraction of sp³-hybridized carbons (Fsp3) is 0.100. The molecule has 0 spiro atoms. The van der Waals surface area contributed by atoms with Gasteiger partial charge in [0.15, 0.2) is 0 Å². The number of ether oxygens (including phenoxy) is 2. The van der Waals surface area contributed by atoms with E-state index in [2.05, 4.69) is 9.47 Å². The highest BCUT2D eigenvalue weighted by molar-refractivity contribution is 5.96. The van der Waals surface area contributed by atoms with Gasteiger partial charge in [-0.1, -0.05) is 0 Å². The maximum atomic E-state index is 11.2. The number of esters is 1. The van der Waals surface area contributed by atoms with Crippen molar-refractivity contribution in [3.63, 3.8) is 0 Å². The lowest BCUT2D eigenvalue weighted by Gasteiger charge is -2.01. The van der Waals surface area contributed by atoms with Crippen LogP contribution in [0.3, 0.4) is 0 Å². The molecule has 0 aliphatic rings. The van der Waals surface area contributed by atoms with Crippen molar-refractivity contribution in [1.29, 1.82) is 0 Å². The zero-order valence-corrected chi connectivity index (χ0v) is 8.30. The summed E-state index contributed by atoms with van der Waals surface area (Å²) in [5.74, 6) is -2.00. The predicted molar refractivity (Wildman–Crippen MR) is 51.2 cm³/mol. The molecule has 0 bridgehead atoms. The Morgan fingerprint density at radius 2 is 1.56 bits per heavy atom. The van der Waals surface area contributed by atoms with Crippen molar-refractivity contribution in [2.24, 2.45) is 0 Å². The van der Waals surface area contributed by atoms with E-state index >= 15 is 0 Å². The number of carbonyl (C=O) groups excluding carboxylic acids is 2. The van der Waals surface area contributed by atoms with Crippen molar-refractivity contribution in [1.82, 2.24) is 0 Å². The molecule has 0 fully saturated rings. The first-order valence-corrected chi connectivity index (χ1v) is 4.18. The van der Waals surface area contributed by atoms with E-state index < -0.39 is 18.1 Å². The Hall–Kier alpha value is -2.37. The van der Waals surface area contributed by atoms with Gasteiger partial charge in [-0.15, -0.1) is 0 Å². The fourth-order valence-corrected chi connectivity index (χ4v) is 0.925.